The largest absolute Gasteiger partial charge is 0.472 e. The Bertz CT molecular complexity index is 1330. The number of methoxy groups -OCH3 is 1. The summed E-state index contributed by atoms with van der Waals surface area (Å²) in [6.07, 6.45) is 4.58. The van der Waals surface area contributed by atoms with Crippen LogP contribution in [0.2, 0.25) is 0 Å². The molecule has 0 amide bonds. The Labute approximate surface area is 246 Å². The van der Waals surface area contributed by atoms with Crippen LogP contribution in [-0.4, -0.2) is 62.1 Å². The molecule has 2 saturated heterocycles. The fourth-order valence-electron chi connectivity index (χ4n) is 9.35. The number of rotatable bonds is 6. The summed E-state index contributed by atoms with van der Waals surface area (Å²) in [5, 5.41) is 0. The lowest BCUT2D eigenvalue weighted by molar-refractivity contribution is -0.214. The van der Waals surface area contributed by atoms with Crippen molar-refractivity contribution < 1.29 is 42.5 Å². The molecule has 1 aromatic rings. The zero-order valence-electron chi connectivity index (χ0n) is 25.5. The summed E-state index contributed by atoms with van der Waals surface area (Å²) in [5.41, 5.74) is 2.92. The van der Waals surface area contributed by atoms with Gasteiger partial charge in [0.2, 0.25) is 0 Å². The van der Waals surface area contributed by atoms with Crippen LogP contribution in [0.25, 0.3) is 0 Å². The minimum absolute atomic E-state index is 0.133. The number of esters is 3. The van der Waals surface area contributed by atoms with Crippen molar-refractivity contribution in [1.29, 1.82) is 0 Å². The summed E-state index contributed by atoms with van der Waals surface area (Å²) in [6.45, 7) is 11.8. The van der Waals surface area contributed by atoms with Crippen LogP contribution in [0, 0.1) is 28.6 Å². The van der Waals surface area contributed by atoms with E-state index in [1.165, 1.54) is 25.2 Å². The SMILES string of the molecule is C/C=C(\C)C(=O)OC1C[C@@H](OC(C)=O)[C@@]2(C)COC3[C@@H]2C1[C@@H](CC(=O)OC)[C@]1(C)C2=C(C)[C@H](c4ccoc4)C[C@H]2O[C@H]31. The maximum Gasteiger partial charge on any atom is 0.333 e. The highest BCUT2D eigenvalue weighted by Crippen LogP contribution is 2.70. The van der Waals surface area contributed by atoms with Gasteiger partial charge in [0.1, 0.15) is 12.2 Å². The molecule has 0 N–H and O–H groups in total. The Hall–Kier alpha value is -2.91. The Kier molecular flexibility index (Phi) is 7.20. The molecule has 9 nitrogen and oxygen atoms in total. The molecule has 2 aliphatic heterocycles. The van der Waals surface area contributed by atoms with Crippen molar-refractivity contribution in [3.63, 3.8) is 0 Å². The highest BCUT2D eigenvalue weighted by atomic mass is 16.6. The van der Waals surface area contributed by atoms with E-state index in [1.807, 2.05) is 6.07 Å². The zero-order valence-corrected chi connectivity index (χ0v) is 25.5. The highest BCUT2D eigenvalue weighted by molar-refractivity contribution is 5.87. The van der Waals surface area contributed by atoms with Gasteiger partial charge in [-0.2, -0.15) is 0 Å². The van der Waals surface area contributed by atoms with E-state index in [9.17, 15) is 14.4 Å². The van der Waals surface area contributed by atoms with E-state index in [0.29, 0.717) is 18.6 Å². The van der Waals surface area contributed by atoms with Crippen molar-refractivity contribution in [3.8, 4) is 0 Å². The molecule has 11 atom stereocenters. The average molecular weight is 583 g/mol. The summed E-state index contributed by atoms with van der Waals surface area (Å²) in [4.78, 5) is 38.7. The molecule has 0 radical (unpaired) electrons. The molecule has 228 valence electrons. The van der Waals surface area contributed by atoms with Crippen LogP contribution >= 0.6 is 0 Å². The second kappa shape index (κ2) is 10.4. The molecule has 2 saturated carbocycles. The van der Waals surface area contributed by atoms with E-state index in [1.54, 1.807) is 32.4 Å². The smallest absolute Gasteiger partial charge is 0.333 e. The lowest BCUT2D eigenvalue weighted by atomic mass is 9.46. The summed E-state index contributed by atoms with van der Waals surface area (Å²) < 4.78 is 36.5. The zero-order chi connectivity index (χ0) is 30.1. The minimum Gasteiger partial charge on any atom is -0.472 e. The lowest BCUT2D eigenvalue weighted by Gasteiger charge is -2.59. The van der Waals surface area contributed by atoms with Crippen molar-refractivity contribution in [2.24, 2.45) is 28.6 Å². The normalized spacial score (nSPS) is 42.1. The average Bonchev–Trinajstić information content (AvgIpc) is 3.72. The molecule has 0 aromatic carbocycles. The maximum absolute atomic E-state index is 13.2. The first-order valence-corrected chi connectivity index (χ1v) is 15.0. The van der Waals surface area contributed by atoms with Crippen molar-refractivity contribution in [2.45, 2.75) is 97.2 Å². The van der Waals surface area contributed by atoms with Gasteiger partial charge in [-0.05, 0) is 50.3 Å². The molecule has 0 spiro atoms. The number of furan rings is 1. The predicted octanol–water partition coefficient (Wildman–Crippen LogP) is 4.90. The molecule has 6 rings (SSSR count). The van der Waals surface area contributed by atoms with Crippen molar-refractivity contribution in [3.05, 3.63) is 47.0 Å². The Morgan fingerprint density at radius 3 is 2.55 bits per heavy atom. The van der Waals surface area contributed by atoms with Crippen LogP contribution in [0.4, 0.5) is 0 Å². The van der Waals surface area contributed by atoms with Crippen LogP contribution in [0.1, 0.15) is 72.3 Å². The summed E-state index contributed by atoms with van der Waals surface area (Å²) in [6, 6.07) is 2.00. The van der Waals surface area contributed by atoms with Crippen molar-refractivity contribution >= 4 is 17.9 Å². The van der Waals surface area contributed by atoms with Gasteiger partial charge in [0, 0.05) is 53.9 Å². The van der Waals surface area contributed by atoms with Gasteiger partial charge >= 0.3 is 17.9 Å². The van der Waals surface area contributed by atoms with Crippen LogP contribution in [0.15, 0.2) is 45.8 Å². The Balaban J connectivity index is 1.51. The summed E-state index contributed by atoms with van der Waals surface area (Å²) >= 11 is 0. The second-order valence-corrected chi connectivity index (χ2v) is 13.3. The van der Waals surface area contributed by atoms with E-state index in [2.05, 4.69) is 20.8 Å². The van der Waals surface area contributed by atoms with Gasteiger partial charge in [-0.15, -0.1) is 0 Å². The Morgan fingerprint density at radius 1 is 1.14 bits per heavy atom. The van der Waals surface area contributed by atoms with Crippen molar-refractivity contribution in [1.82, 2.24) is 0 Å². The summed E-state index contributed by atoms with van der Waals surface area (Å²) in [5.74, 6) is -1.65. The molecule has 9 heteroatoms. The summed E-state index contributed by atoms with van der Waals surface area (Å²) in [7, 11) is 1.41. The lowest BCUT2D eigenvalue weighted by Crippen LogP contribution is -2.66. The van der Waals surface area contributed by atoms with Crippen LogP contribution in [-0.2, 0) is 38.1 Å². The van der Waals surface area contributed by atoms with Gasteiger partial charge in [-0.25, -0.2) is 4.79 Å². The van der Waals surface area contributed by atoms with Gasteiger partial charge in [0.15, 0.2) is 0 Å². The van der Waals surface area contributed by atoms with E-state index < -0.39 is 29.0 Å². The first kappa shape index (κ1) is 29.2. The quantitative estimate of drug-likeness (QED) is 0.200. The molecule has 3 aliphatic carbocycles. The first-order valence-electron chi connectivity index (χ1n) is 15.0. The van der Waals surface area contributed by atoms with Crippen LogP contribution in [0.5, 0.6) is 0 Å². The van der Waals surface area contributed by atoms with Crippen LogP contribution in [0.3, 0.4) is 0 Å². The third-order valence-corrected chi connectivity index (χ3v) is 11.3. The standard InChI is InChI=1S/C33H42O9/c1-8-16(2)31(36)42-22-13-24(40-18(4)34)32(5)15-39-29-28(32)26(22)21(12-25(35)37-7)33(6)27-17(3)20(19-9-10-38-14-19)11-23(27)41-30(29)33/h8-10,14,20-24,26,28-30H,11-13,15H2,1-7H3/b16-8+/t20-,21-,22?,23-,24-,26?,28+,29?,30-,32-,33-/m1/s1. The topological polar surface area (TPSA) is 111 Å². The monoisotopic (exact) mass is 582 g/mol. The highest BCUT2D eigenvalue weighted by Gasteiger charge is 2.74. The van der Waals surface area contributed by atoms with E-state index >= 15 is 0 Å². The van der Waals surface area contributed by atoms with Gasteiger partial charge in [0.25, 0.3) is 0 Å². The number of fused-ring (bicyclic) bond motifs is 4. The Morgan fingerprint density at radius 2 is 1.90 bits per heavy atom. The molecule has 5 aliphatic rings. The fraction of sp³-hybridized carbons (Fsp3) is 0.667. The molecule has 0 bridgehead atoms. The molecular formula is C33H42O9. The molecule has 3 unspecified atom stereocenters. The first-order chi connectivity index (χ1) is 19.9. The number of hydrogen-bond donors (Lipinski definition) is 0. The molecule has 1 aromatic heterocycles. The fourth-order valence-corrected chi connectivity index (χ4v) is 9.35. The van der Waals surface area contributed by atoms with E-state index in [4.69, 9.17) is 28.1 Å². The number of carbonyl (C=O) groups excluding carboxylic acids is 3. The number of ether oxygens (including phenoxy) is 5. The third kappa shape index (κ3) is 4.13. The third-order valence-electron chi connectivity index (χ3n) is 11.3. The predicted molar refractivity (Wildman–Crippen MR) is 150 cm³/mol. The van der Waals surface area contributed by atoms with Gasteiger partial charge in [-0.1, -0.05) is 25.5 Å². The molecule has 3 heterocycles. The molecule has 42 heavy (non-hydrogen) atoms. The second-order valence-electron chi connectivity index (χ2n) is 13.3. The van der Waals surface area contributed by atoms with Crippen molar-refractivity contribution in [2.75, 3.05) is 13.7 Å². The maximum atomic E-state index is 13.2. The van der Waals surface area contributed by atoms with Gasteiger partial charge in [-0.3, -0.25) is 9.59 Å². The number of allylic oxidation sites excluding steroid dienone is 2. The van der Waals surface area contributed by atoms with E-state index in [0.717, 1.165) is 12.0 Å². The molecule has 4 fully saturated rings. The number of hydrogen-bond acceptors (Lipinski definition) is 9. The minimum atomic E-state index is -0.600. The molecular weight excluding hydrogens is 540 g/mol. The number of carbonyl (C=O) groups is 3. The van der Waals surface area contributed by atoms with E-state index in [-0.39, 0.29) is 60.3 Å². The van der Waals surface area contributed by atoms with Gasteiger partial charge < -0.3 is 28.1 Å². The van der Waals surface area contributed by atoms with Crippen LogP contribution < -0.4 is 0 Å². The van der Waals surface area contributed by atoms with Gasteiger partial charge in [0.05, 0.1) is 44.6 Å².